The number of carbonyl (C=O) groups is 1. The monoisotopic (exact) mass is 386 g/mol. The molecule has 1 saturated heterocycles. The molecular formula is C19H19ClN4OS. The number of aromatic nitrogens is 2. The van der Waals surface area contributed by atoms with E-state index in [0.717, 1.165) is 51.0 Å². The molecule has 0 aliphatic carbocycles. The molecular weight excluding hydrogens is 368 g/mol. The van der Waals surface area contributed by atoms with Crippen LogP contribution in [-0.4, -0.2) is 39.9 Å². The number of halogens is 1. The maximum Gasteiger partial charge on any atom is 0.222 e. The smallest absolute Gasteiger partial charge is 0.222 e. The lowest BCUT2D eigenvalue weighted by Gasteiger charge is -2.16. The van der Waals surface area contributed by atoms with Crippen LogP contribution in [0.1, 0.15) is 19.8 Å². The molecule has 5 nitrogen and oxygen atoms in total. The Kier molecular flexibility index (Phi) is 4.78. The number of hydrogen-bond acceptors (Lipinski definition) is 5. The molecule has 1 aromatic carbocycles. The molecule has 1 aliphatic heterocycles. The van der Waals surface area contributed by atoms with Gasteiger partial charge < -0.3 is 10.2 Å². The van der Waals surface area contributed by atoms with Crippen LogP contribution in [0.15, 0.2) is 36.7 Å². The third kappa shape index (κ3) is 3.39. The van der Waals surface area contributed by atoms with Crippen molar-refractivity contribution in [3.63, 3.8) is 0 Å². The standard InChI is InChI=1S/C19H19ClN4OS/c1-2-17(25)24-8-7-14(10-24)23-19-18-15(21-11-22-19)9-16(26-18)12-3-5-13(20)6-4-12/h3-6,9,11,14H,2,7-8,10H2,1H3,(H,21,22,23). The van der Waals surface area contributed by atoms with E-state index in [1.807, 2.05) is 36.1 Å². The quantitative estimate of drug-likeness (QED) is 0.720. The van der Waals surface area contributed by atoms with Gasteiger partial charge in [-0.05, 0) is 30.2 Å². The Morgan fingerprint density at radius 1 is 1.35 bits per heavy atom. The lowest BCUT2D eigenvalue weighted by atomic mass is 10.2. The van der Waals surface area contributed by atoms with Crippen LogP contribution >= 0.6 is 22.9 Å². The van der Waals surface area contributed by atoms with Crippen LogP contribution in [0.25, 0.3) is 20.7 Å². The van der Waals surface area contributed by atoms with Gasteiger partial charge in [-0.3, -0.25) is 4.79 Å². The highest BCUT2D eigenvalue weighted by molar-refractivity contribution is 7.22. The predicted octanol–water partition coefficient (Wildman–Crippen LogP) is 4.43. The molecule has 3 aromatic rings. The van der Waals surface area contributed by atoms with E-state index in [2.05, 4.69) is 21.4 Å². The van der Waals surface area contributed by atoms with E-state index in [1.165, 1.54) is 0 Å². The number of likely N-dealkylation sites (tertiary alicyclic amines) is 1. The molecule has 1 N–H and O–H groups in total. The van der Waals surface area contributed by atoms with Gasteiger partial charge in [-0.15, -0.1) is 11.3 Å². The summed E-state index contributed by atoms with van der Waals surface area (Å²) >= 11 is 7.65. The lowest BCUT2D eigenvalue weighted by molar-refractivity contribution is -0.129. The lowest BCUT2D eigenvalue weighted by Crippen LogP contribution is -2.31. The first kappa shape index (κ1) is 17.2. The van der Waals surface area contributed by atoms with Crippen LogP contribution in [0.5, 0.6) is 0 Å². The molecule has 1 fully saturated rings. The van der Waals surface area contributed by atoms with Gasteiger partial charge in [0.1, 0.15) is 12.1 Å². The van der Waals surface area contributed by atoms with Crippen LogP contribution in [-0.2, 0) is 4.79 Å². The maximum atomic E-state index is 11.9. The van der Waals surface area contributed by atoms with E-state index in [1.54, 1.807) is 17.7 Å². The van der Waals surface area contributed by atoms with Crippen molar-refractivity contribution in [3.8, 4) is 10.4 Å². The first-order valence-corrected chi connectivity index (χ1v) is 9.88. The number of amides is 1. The molecule has 0 bridgehead atoms. The Morgan fingerprint density at radius 3 is 2.92 bits per heavy atom. The maximum absolute atomic E-state index is 11.9. The van der Waals surface area contributed by atoms with Gasteiger partial charge in [0.2, 0.25) is 5.91 Å². The topological polar surface area (TPSA) is 58.1 Å². The molecule has 0 spiro atoms. The number of thiophene rings is 1. The first-order chi connectivity index (χ1) is 12.6. The second-order valence-corrected chi connectivity index (χ2v) is 7.87. The SMILES string of the molecule is CCC(=O)N1CCC(Nc2ncnc3cc(-c4ccc(Cl)cc4)sc23)C1. The molecule has 0 saturated carbocycles. The number of carbonyl (C=O) groups excluding carboxylic acids is 1. The van der Waals surface area contributed by atoms with Crippen molar-refractivity contribution in [2.24, 2.45) is 0 Å². The van der Waals surface area contributed by atoms with E-state index in [4.69, 9.17) is 11.6 Å². The fourth-order valence-corrected chi connectivity index (χ4v) is 4.43. The van der Waals surface area contributed by atoms with Gasteiger partial charge in [-0.2, -0.15) is 0 Å². The summed E-state index contributed by atoms with van der Waals surface area (Å²) < 4.78 is 1.04. The summed E-state index contributed by atoms with van der Waals surface area (Å²) in [7, 11) is 0. The molecule has 7 heteroatoms. The summed E-state index contributed by atoms with van der Waals surface area (Å²) in [5, 5.41) is 4.24. The third-order valence-electron chi connectivity index (χ3n) is 4.62. The van der Waals surface area contributed by atoms with E-state index >= 15 is 0 Å². The predicted molar refractivity (Wildman–Crippen MR) is 107 cm³/mol. The summed E-state index contributed by atoms with van der Waals surface area (Å²) in [6.45, 7) is 3.44. The number of fused-ring (bicyclic) bond motifs is 1. The second-order valence-electron chi connectivity index (χ2n) is 6.38. The summed E-state index contributed by atoms with van der Waals surface area (Å²) in [5.74, 6) is 1.05. The van der Waals surface area contributed by atoms with E-state index in [-0.39, 0.29) is 11.9 Å². The van der Waals surface area contributed by atoms with Crippen molar-refractivity contribution >= 4 is 44.9 Å². The summed E-state index contributed by atoms with van der Waals surface area (Å²) in [6.07, 6.45) is 3.08. The van der Waals surface area contributed by atoms with Crippen LogP contribution in [0.2, 0.25) is 5.02 Å². The number of anilines is 1. The minimum Gasteiger partial charge on any atom is -0.364 e. The molecule has 3 heterocycles. The van der Waals surface area contributed by atoms with Crippen LogP contribution in [0.3, 0.4) is 0 Å². The van der Waals surface area contributed by atoms with Crippen LogP contribution < -0.4 is 5.32 Å². The minimum atomic E-state index is 0.211. The zero-order valence-electron chi connectivity index (χ0n) is 14.4. The number of benzene rings is 1. The third-order valence-corrected chi connectivity index (χ3v) is 6.06. The highest BCUT2D eigenvalue weighted by Gasteiger charge is 2.26. The summed E-state index contributed by atoms with van der Waals surface area (Å²) in [5.41, 5.74) is 2.04. The Labute approximate surface area is 161 Å². The molecule has 134 valence electrons. The fraction of sp³-hybridized carbons (Fsp3) is 0.316. The largest absolute Gasteiger partial charge is 0.364 e. The molecule has 1 aliphatic rings. The molecule has 1 amide bonds. The van der Waals surface area contributed by atoms with E-state index in [0.29, 0.717) is 6.42 Å². The number of hydrogen-bond donors (Lipinski definition) is 1. The Morgan fingerprint density at radius 2 is 2.15 bits per heavy atom. The van der Waals surface area contributed by atoms with Gasteiger partial charge in [0.25, 0.3) is 0 Å². The van der Waals surface area contributed by atoms with Crippen molar-refractivity contribution in [1.82, 2.24) is 14.9 Å². The highest BCUT2D eigenvalue weighted by atomic mass is 35.5. The molecule has 26 heavy (non-hydrogen) atoms. The van der Waals surface area contributed by atoms with E-state index < -0.39 is 0 Å². The van der Waals surface area contributed by atoms with Gasteiger partial charge in [-0.25, -0.2) is 9.97 Å². The Hall–Kier alpha value is -2.18. The van der Waals surface area contributed by atoms with Crippen molar-refractivity contribution in [2.45, 2.75) is 25.8 Å². The van der Waals surface area contributed by atoms with Crippen molar-refractivity contribution in [3.05, 3.63) is 41.7 Å². The number of rotatable bonds is 4. The number of nitrogens with zero attached hydrogens (tertiary/aromatic N) is 3. The average Bonchev–Trinajstić information content (AvgIpc) is 3.29. The molecule has 0 radical (unpaired) electrons. The van der Waals surface area contributed by atoms with Crippen LogP contribution in [0, 0.1) is 0 Å². The fourth-order valence-electron chi connectivity index (χ4n) is 3.24. The van der Waals surface area contributed by atoms with Gasteiger partial charge in [0.15, 0.2) is 0 Å². The van der Waals surface area contributed by atoms with E-state index in [9.17, 15) is 4.79 Å². The summed E-state index contributed by atoms with van der Waals surface area (Å²) in [4.78, 5) is 23.8. The first-order valence-electron chi connectivity index (χ1n) is 8.69. The second kappa shape index (κ2) is 7.21. The molecule has 1 atom stereocenters. The van der Waals surface area contributed by atoms with Gasteiger partial charge >= 0.3 is 0 Å². The van der Waals surface area contributed by atoms with Crippen molar-refractivity contribution in [1.29, 1.82) is 0 Å². The minimum absolute atomic E-state index is 0.211. The van der Waals surface area contributed by atoms with Gasteiger partial charge in [-0.1, -0.05) is 30.7 Å². The van der Waals surface area contributed by atoms with Gasteiger partial charge in [0, 0.05) is 35.5 Å². The number of nitrogens with one attached hydrogen (secondary N) is 1. The average molecular weight is 387 g/mol. The van der Waals surface area contributed by atoms with Gasteiger partial charge in [0.05, 0.1) is 10.2 Å². The molecule has 4 rings (SSSR count). The molecule has 1 unspecified atom stereocenters. The highest BCUT2D eigenvalue weighted by Crippen LogP contribution is 2.36. The Balaban J connectivity index is 1.58. The van der Waals surface area contributed by atoms with Crippen LogP contribution in [0.4, 0.5) is 5.82 Å². The zero-order valence-corrected chi connectivity index (χ0v) is 16.0. The normalized spacial score (nSPS) is 17.0. The van der Waals surface area contributed by atoms with Crippen molar-refractivity contribution in [2.75, 3.05) is 18.4 Å². The summed E-state index contributed by atoms with van der Waals surface area (Å²) in [6, 6.07) is 10.1. The molecule has 2 aromatic heterocycles. The van der Waals surface area contributed by atoms with Crippen molar-refractivity contribution < 1.29 is 4.79 Å². The Bertz CT molecular complexity index is 940. The zero-order chi connectivity index (χ0) is 18.1.